The van der Waals surface area contributed by atoms with Gasteiger partial charge in [-0.3, -0.25) is 9.59 Å². The van der Waals surface area contributed by atoms with Crippen molar-refractivity contribution < 1.29 is 23.6 Å². The molecule has 3 N–H and O–H groups in total. The Hall–Kier alpha value is -0.865. The normalized spacial score (nSPS) is 22.6. The fraction of sp³-hybridized carbons (Fsp3) is 0.895. The fourth-order valence-corrected chi connectivity index (χ4v) is 3.27. The van der Waals surface area contributed by atoms with Crippen molar-refractivity contribution in [3.8, 4) is 0 Å². The zero-order valence-corrected chi connectivity index (χ0v) is 19.2. The van der Waals surface area contributed by atoms with Crippen molar-refractivity contribution >= 4 is 31.3 Å². The van der Waals surface area contributed by atoms with Crippen LogP contribution < -0.4 is 11.1 Å². The first kappa shape index (κ1) is 26.2. The highest BCUT2D eigenvalue weighted by Crippen LogP contribution is 2.38. The Bertz CT molecular complexity index is 542. The summed E-state index contributed by atoms with van der Waals surface area (Å²) in [5, 5.41) is 2.97. The maximum atomic E-state index is 12.7. The lowest BCUT2D eigenvalue weighted by molar-refractivity contribution is -0.137. The van der Waals surface area contributed by atoms with Gasteiger partial charge in [0.05, 0.1) is 42.8 Å². The second kappa shape index (κ2) is 11.0. The highest BCUT2D eigenvalue weighted by atomic mass is 35.5. The number of amides is 2. The first-order valence-corrected chi connectivity index (χ1v) is 10.3. The summed E-state index contributed by atoms with van der Waals surface area (Å²) in [4.78, 5) is 26.7. The Kier molecular flexibility index (Phi) is 9.88. The van der Waals surface area contributed by atoms with Crippen molar-refractivity contribution in [2.45, 2.75) is 83.5 Å². The number of carbonyl (C=O) groups excluding carboxylic acids is 2. The Balaban J connectivity index is 0.00000420. The van der Waals surface area contributed by atoms with Crippen LogP contribution in [0.4, 0.5) is 0 Å². The number of nitrogens with zero attached hydrogens (tertiary/aromatic N) is 1. The first-order chi connectivity index (χ1) is 13.1. The topological polar surface area (TPSA) is 103 Å². The van der Waals surface area contributed by atoms with E-state index in [1.165, 1.54) is 0 Å². The third-order valence-corrected chi connectivity index (χ3v) is 5.89. The number of ether oxygens (including phenoxy) is 1. The third-order valence-electron chi connectivity index (χ3n) is 5.89. The van der Waals surface area contributed by atoms with E-state index in [4.69, 9.17) is 19.8 Å². The zero-order valence-electron chi connectivity index (χ0n) is 18.4. The Morgan fingerprint density at radius 1 is 1.14 bits per heavy atom. The number of rotatable bonds is 8. The van der Waals surface area contributed by atoms with Gasteiger partial charge in [-0.25, -0.2) is 0 Å². The van der Waals surface area contributed by atoms with Crippen molar-refractivity contribution in [3.63, 3.8) is 0 Å². The molecule has 2 aliphatic heterocycles. The Labute approximate surface area is 181 Å². The minimum Gasteiger partial charge on any atom is -0.402 e. The fourth-order valence-electron chi connectivity index (χ4n) is 3.27. The predicted molar refractivity (Wildman–Crippen MR) is 115 cm³/mol. The van der Waals surface area contributed by atoms with E-state index in [0.717, 1.165) is 19.3 Å². The molecular formula is C19H37BClN3O5. The first-order valence-electron chi connectivity index (χ1n) is 10.3. The summed E-state index contributed by atoms with van der Waals surface area (Å²) in [6.45, 7) is 12.2. The molecule has 2 atom stereocenters. The number of unbranched alkanes of at least 4 members (excludes halogenated alkanes) is 1. The monoisotopic (exact) mass is 433 g/mol. The van der Waals surface area contributed by atoms with Crippen LogP contribution in [0, 0.1) is 0 Å². The van der Waals surface area contributed by atoms with Gasteiger partial charge in [0, 0.05) is 13.1 Å². The van der Waals surface area contributed by atoms with Crippen molar-refractivity contribution in [3.05, 3.63) is 0 Å². The summed E-state index contributed by atoms with van der Waals surface area (Å²) >= 11 is 0. The second-order valence-electron chi connectivity index (χ2n) is 8.69. The van der Waals surface area contributed by atoms with Crippen molar-refractivity contribution in [1.82, 2.24) is 10.2 Å². The van der Waals surface area contributed by atoms with Gasteiger partial charge < -0.3 is 30.0 Å². The highest BCUT2D eigenvalue weighted by molar-refractivity contribution is 6.48. The average Bonchev–Trinajstić information content (AvgIpc) is 2.86. The molecule has 0 radical (unpaired) electrons. The quantitative estimate of drug-likeness (QED) is 0.559. The van der Waals surface area contributed by atoms with Gasteiger partial charge in [-0.15, -0.1) is 12.4 Å². The summed E-state index contributed by atoms with van der Waals surface area (Å²) in [5.41, 5.74) is 5.09. The van der Waals surface area contributed by atoms with Crippen LogP contribution in [0.15, 0.2) is 0 Å². The Morgan fingerprint density at radius 3 is 2.21 bits per heavy atom. The zero-order chi connectivity index (χ0) is 20.9. The van der Waals surface area contributed by atoms with E-state index < -0.39 is 24.4 Å². The molecule has 10 heteroatoms. The van der Waals surface area contributed by atoms with E-state index in [9.17, 15) is 9.59 Å². The van der Waals surface area contributed by atoms with E-state index in [0.29, 0.717) is 26.3 Å². The van der Waals surface area contributed by atoms with Crippen LogP contribution in [-0.4, -0.2) is 73.3 Å². The van der Waals surface area contributed by atoms with Crippen molar-refractivity contribution in [2.75, 3.05) is 26.3 Å². The lowest BCUT2D eigenvalue weighted by atomic mass is 9.75. The minimum atomic E-state index is -0.901. The molecule has 2 amide bonds. The molecular weight excluding hydrogens is 396 g/mol. The minimum absolute atomic E-state index is 0. The summed E-state index contributed by atoms with van der Waals surface area (Å²) in [6, 6.07) is -0.901. The molecule has 2 rings (SSSR count). The Morgan fingerprint density at radius 2 is 1.69 bits per heavy atom. The lowest BCUT2D eigenvalue weighted by Gasteiger charge is -2.32. The lowest BCUT2D eigenvalue weighted by Crippen LogP contribution is -2.54. The van der Waals surface area contributed by atoms with E-state index in [2.05, 4.69) is 12.2 Å². The molecule has 1 unspecified atom stereocenters. The number of carbonyl (C=O) groups is 2. The van der Waals surface area contributed by atoms with Crippen molar-refractivity contribution in [2.24, 2.45) is 5.73 Å². The predicted octanol–water partition coefficient (Wildman–Crippen LogP) is 1.29. The summed E-state index contributed by atoms with van der Waals surface area (Å²) in [5.74, 6) is -0.776. The number of hydrogen-bond acceptors (Lipinski definition) is 6. The molecule has 0 aromatic rings. The highest BCUT2D eigenvalue weighted by Gasteiger charge is 2.54. The molecule has 0 aromatic heterocycles. The number of hydrogen-bond donors (Lipinski definition) is 2. The van der Waals surface area contributed by atoms with E-state index in [-0.39, 0.29) is 36.6 Å². The van der Waals surface area contributed by atoms with Gasteiger partial charge >= 0.3 is 7.12 Å². The second-order valence-corrected chi connectivity index (χ2v) is 8.69. The van der Waals surface area contributed by atoms with Crippen LogP contribution >= 0.6 is 12.4 Å². The SMILES string of the molecule is CCCC[C@H](NC(=O)C(N)CC(=O)N1CCOCC1)B1OC(C)(C)C(C)(C)O1.Cl. The summed E-state index contributed by atoms with van der Waals surface area (Å²) in [7, 11) is -0.539. The van der Waals surface area contributed by atoms with Gasteiger partial charge in [0.15, 0.2) is 0 Å². The van der Waals surface area contributed by atoms with Crippen molar-refractivity contribution in [1.29, 1.82) is 0 Å². The van der Waals surface area contributed by atoms with E-state index >= 15 is 0 Å². The molecule has 2 fully saturated rings. The molecule has 0 aliphatic carbocycles. The smallest absolute Gasteiger partial charge is 0.402 e. The maximum absolute atomic E-state index is 12.7. The molecule has 0 aromatic carbocycles. The molecule has 2 heterocycles. The number of halogens is 1. The standard InChI is InChI=1S/C19H36BN3O5.ClH/c1-6-7-8-15(20-27-18(2,3)19(4,5)28-20)22-17(25)14(21)13-16(24)23-9-11-26-12-10-23;/h14-15H,6-13,21H2,1-5H3,(H,22,25);1H/t14?,15-;/m0./s1. The summed E-state index contributed by atoms with van der Waals surface area (Å²) in [6.07, 6.45) is 2.63. The average molecular weight is 434 g/mol. The molecule has 0 spiro atoms. The number of nitrogens with one attached hydrogen (secondary N) is 1. The summed E-state index contributed by atoms with van der Waals surface area (Å²) < 4.78 is 17.5. The van der Waals surface area contributed by atoms with Crippen LogP contribution in [0.5, 0.6) is 0 Å². The number of morpholine rings is 1. The molecule has 168 valence electrons. The van der Waals surface area contributed by atoms with Gasteiger partial charge in [0.2, 0.25) is 11.8 Å². The van der Waals surface area contributed by atoms with Gasteiger partial charge in [-0.05, 0) is 34.1 Å². The van der Waals surface area contributed by atoms with Gasteiger partial charge in [-0.2, -0.15) is 0 Å². The molecule has 29 heavy (non-hydrogen) atoms. The molecule has 0 bridgehead atoms. The van der Waals surface area contributed by atoms with E-state index in [1.54, 1.807) is 4.90 Å². The van der Waals surface area contributed by atoms with Gasteiger partial charge in [0.25, 0.3) is 0 Å². The molecule has 0 saturated carbocycles. The maximum Gasteiger partial charge on any atom is 0.481 e. The van der Waals surface area contributed by atoms with Gasteiger partial charge in [0.1, 0.15) is 0 Å². The van der Waals surface area contributed by atoms with Crippen LogP contribution in [0.1, 0.15) is 60.3 Å². The van der Waals surface area contributed by atoms with E-state index in [1.807, 2.05) is 27.7 Å². The third kappa shape index (κ3) is 6.82. The molecule has 2 aliphatic rings. The van der Waals surface area contributed by atoms with Crippen LogP contribution in [-0.2, 0) is 23.6 Å². The van der Waals surface area contributed by atoms with Crippen LogP contribution in [0.3, 0.4) is 0 Å². The van der Waals surface area contributed by atoms with Gasteiger partial charge in [-0.1, -0.05) is 19.8 Å². The largest absolute Gasteiger partial charge is 0.481 e. The van der Waals surface area contributed by atoms with Crippen LogP contribution in [0.2, 0.25) is 0 Å². The molecule has 8 nitrogen and oxygen atoms in total. The van der Waals surface area contributed by atoms with Crippen LogP contribution in [0.25, 0.3) is 0 Å². The number of nitrogens with two attached hydrogens (primary N) is 1. The molecule has 2 saturated heterocycles.